The second-order valence-electron chi connectivity index (χ2n) is 5.50. The molecule has 0 spiro atoms. The van der Waals surface area contributed by atoms with Crippen LogP contribution in [0.4, 0.5) is 5.69 Å². The molecule has 1 fully saturated rings. The molecule has 0 aliphatic carbocycles. The predicted octanol–water partition coefficient (Wildman–Crippen LogP) is 1.32. The highest BCUT2D eigenvalue weighted by Crippen LogP contribution is 2.31. The minimum atomic E-state index is -0.599. The van der Waals surface area contributed by atoms with E-state index in [-0.39, 0.29) is 24.9 Å². The number of carbonyl (C=O) groups excluding carboxylic acids is 2. The molecule has 1 aromatic heterocycles. The molecule has 3 N–H and O–H groups in total. The summed E-state index contributed by atoms with van der Waals surface area (Å²) >= 11 is 0. The molecular weight excluding hydrogens is 322 g/mol. The van der Waals surface area contributed by atoms with Crippen LogP contribution in [0.3, 0.4) is 0 Å². The van der Waals surface area contributed by atoms with Crippen molar-refractivity contribution in [2.75, 3.05) is 31.7 Å². The largest absolute Gasteiger partial charge is 0.461 e. The van der Waals surface area contributed by atoms with Crippen molar-refractivity contribution in [1.29, 1.82) is 0 Å². The number of anilines is 1. The Morgan fingerprint density at radius 1 is 1.43 bits per heavy atom. The standard InChI is InChI=1S/C15H23N3O4.ClH/c1-3-22-13(19)12-8-11(9-18(12)2)17-14(20)15(10-16)4-6-21-7-5-15;/h8-9H,3-7,10,16H2,1-2H3,(H,17,20);1H. The average Bonchev–Trinajstić information content (AvgIpc) is 2.88. The third-order valence-electron chi connectivity index (χ3n) is 4.07. The maximum atomic E-state index is 12.6. The van der Waals surface area contributed by atoms with Gasteiger partial charge in [-0.1, -0.05) is 0 Å². The van der Waals surface area contributed by atoms with Gasteiger partial charge < -0.3 is 25.1 Å². The number of aryl methyl sites for hydroxylation is 1. The molecule has 0 bridgehead atoms. The summed E-state index contributed by atoms with van der Waals surface area (Å²) in [7, 11) is 1.73. The fraction of sp³-hybridized carbons (Fsp3) is 0.600. The second kappa shape index (κ2) is 8.33. The Morgan fingerprint density at radius 3 is 2.65 bits per heavy atom. The van der Waals surface area contributed by atoms with Gasteiger partial charge in [0.1, 0.15) is 5.69 Å². The van der Waals surface area contributed by atoms with Crippen molar-refractivity contribution in [2.24, 2.45) is 18.2 Å². The molecule has 1 aromatic rings. The van der Waals surface area contributed by atoms with Crippen LogP contribution in [0.1, 0.15) is 30.3 Å². The monoisotopic (exact) mass is 345 g/mol. The molecule has 1 amide bonds. The Labute approximate surface area is 141 Å². The molecule has 1 aliphatic heterocycles. The first kappa shape index (κ1) is 19.5. The number of amides is 1. The molecule has 7 nitrogen and oxygen atoms in total. The van der Waals surface area contributed by atoms with Gasteiger partial charge in [-0.2, -0.15) is 0 Å². The number of esters is 1. The number of nitrogens with two attached hydrogens (primary N) is 1. The molecule has 1 aliphatic rings. The Morgan fingerprint density at radius 2 is 2.09 bits per heavy atom. The molecule has 0 atom stereocenters. The molecule has 0 unspecified atom stereocenters. The first-order valence-corrected chi connectivity index (χ1v) is 7.45. The maximum Gasteiger partial charge on any atom is 0.355 e. The lowest BCUT2D eigenvalue weighted by Gasteiger charge is -2.34. The van der Waals surface area contributed by atoms with Gasteiger partial charge in [-0.05, 0) is 25.8 Å². The minimum absolute atomic E-state index is 0. The third kappa shape index (κ3) is 4.25. The molecule has 0 aromatic carbocycles. The number of ether oxygens (including phenoxy) is 2. The van der Waals surface area contributed by atoms with Crippen LogP contribution in [-0.2, 0) is 21.3 Å². The number of aromatic nitrogens is 1. The summed E-state index contributed by atoms with van der Waals surface area (Å²) in [6.07, 6.45) is 2.90. The summed E-state index contributed by atoms with van der Waals surface area (Å²) in [4.78, 5) is 24.4. The van der Waals surface area contributed by atoms with Crippen LogP contribution in [-0.4, -0.2) is 42.8 Å². The average molecular weight is 346 g/mol. The topological polar surface area (TPSA) is 95.6 Å². The van der Waals surface area contributed by atoms with E-state index in [2.05, 4.69) is 5.32 Å². The maximum absolute atomic E-state index is 12.6. The van der Waals surface area contributed by atoms with Gasteiger partial charge in [-0.3, -0.25) is 4.79 Å². The molecule has 0 radical (unpaired) electrons. The van der Waals surface area contributed by atoms with Crippen LogP contribution < -0.4 is 11.1 Å². The summed E-state index contributed by atoms with van der Waals surface area (Å²) in [5, 5.41) is 2.86. The van der Waals surface area contributed by atoms with Crippen LogP contribution in [0, 0.1) is 5.41 Å². The SMILES string of the molecule is CCOC(=O)c1cc(NC(=O)C2(CN)CCOCC2)cn1C.Cl. The fourth-order valence-corrected chi connectivity index (χ4v) is 2.59. The zero-order valence-electron chi connectivity index (χ0n) is 13.5. The zero-order valence-corrected chi connectivity index (χ0v) is 14.3. The first-order chi connectivity index (χ1) is 10.5. The summed E-state index contributed by atoms with van der Waals surface area (Å²) in [5.41, 5.74) is 6.18. The van der Waals surface area contributed by atoms with Gasteiger partial charge in [0.15, 0.2) is 0 Å². The molecule has 8 heteroatoms. The molecule has 0 saturated carbocycles. The number of carbonyl (C=O) groups is 2. The van der Waals surface area contributed by atoms with E-state index in [1.54, 1.807) is 30.8 Å². The van der Waals surface area contributed by atoms with Gasteiger partial charge in [0.05, 0.1) is 17.7 Å². The van der Waals surface area contributed by atoms with Crippen LogP contribution >= 0.6 is 12.4 Å². The van der Waals surface area contributed by atoms with E-state index in [9.17, 15) is 9.59 Å². The van der Waals surface area contributed by atoms with Crippen molar-refractivity contribution >= 4 is 30.0 Å². The number of nitrogens with one attached hydrogen (secondary N) is 1. The summed E-state index contributed by atoms with van der Waals surface area (Å²) in [6.45, 7) is 3.41. The normalized spacial score (nSPS) is 16.3. The number of hydrogen-bond acceptors (Lipinski definition) is 5. The van der Waals surface area contributed by atoms with Crippen LogP contribution in [0.2, 0.25) is 0 Å². The van der Waals surface area contributed by atoms with E-state index in [0.717, 1.165) is 0 Å². The summed E-state index contributed by atoms with van der Waals surface area (Å²) in [6, 6.07) is 1.61. The highest BCUT2D eigenvalue weighted by atomic mass is 35.5. The Bertz CT molecular complexity index is 553. The van der Waals surface area contributed by atoms with Crippen LogP contribution in [0.15, 0.2) is 12.3 Å². The van der Waals surface area contributed by atoms with E-state index < -0.39 is 11.4 Å². The number of rotatable bonds is 5. The van der Waals surface area contributed by atoms with E-state index in [0.29, 0.717) is 44.0 Å². The van der Waals surface area contributed by atoms with Gasteiger partial charge in [-0.15, -0.1) is 12.4 Å². The van der Waals surface area contributed by atoms with Crippen molar-refractivity contribution in [3.8, 4) is 0 Å². The highest BCUT2D eigenvalue weighted by molar-refractivity contribution is 5.97. The van der Waals surface area contributed by atoms with Crippen molar-refractivity contribution in [3.63, 3.8) is 0 Å². The van der Waals surface area contributed by atoms with E-state index in [1.807, 2.05) is 0 Å². The van der Waals surface area contributed by atoms with E-state index >= 15 is 0 Å². The molecule has 23 heavy (non-hydrogen) atoms. The smallest absolute Gasteiger partial charge is 0.355 e. The first-order valence-electron chi connectivity index (χ1n) is 7.45. The zero-order chi connectivity index (χ0) is 16.2. The number of halogens is 1. The molecular formula is C15H24ClN3O4. The fourth-order valence-electron chi connectivity index (χ4n) is 2.59. The van der Waals surface area contributed by atoms with Gasteiger partial charge in [0.25, 0.3) is 0 Å². The third-order valence-corrected chi connectivity index (χ3v) is 4.07. The van der Waals surface area contributed by atoms with Gasteiger partial charge in [0, 0.05) is 33.0 Å². The van der Waals surface area contributed by atoms with Crippen molar-refractivity contribution < 1.29 is 19.1 Å². The van der Waals surface area contributed by atoms with Crippen LogP contribution in [0.25, 0.3) is 0 Å². The molecule has 2 heterocycles. The van der Waals surface area contributed by atoms with E-state index in [1.165, 1.54) is 0 Å². The van der Waals surface area contributed by atoms with Crippen molar-refractivity contribution in [3.05, 3.63) is 18.0 Å². The lowest BCUT2D eigenvalue weighted by Crippen LogP contribution is -2.46. The van der Waals surface area contributed by atoms with Gasteiger partial charge in [-0.25, -0.2) is 4.79 Å². The minimum Gasteiger partial charge on any atom is -0.461 e. The van der Waals surface area contributed by atoms with Gasteiger partial charge in [0.2, 0.25) is 5.91 Å². The Balaban J connectivity index is 0.00000264. The molecule has 130 valence electrons. The number of nitrogens with zero attached hydrogens (tertiary/aromatic N) is 1. The molecule has 1 saturated heterocycles. The summed E-state index contributed by atoms with van der Waals surface area (Å²) < 4.78 is 11.9. The lowest BCUT2D eigenvalue weighted by molar-refractivity contribution is -0.130. The van der Waals surface area contributed by atoms with Crippen molar-refractivity contribution in [1.82, 2.24) is 4.57 Å². The van der Waals surface area contributed by atoms with Crippen molar-refractivity contribution in [2.45, 2.75) is 19.8 Å². The number of hydrogen-bond donors (Lipinski definition) is 2. The predicted molar refractivity (Wildman–Crippen MR) is 88.8 cm³/mol. The summed E-state index contributed by atoms with van der Waals surface area (Å²) in [5.74, 6) is -0.538. The highest BCUT2D eigenvalue weighted by Gasteiger charge is 2.39. The van der Waals surface area contributed by atoms with Gasteiger partial charge >= 0.3 is 5.97 Å². The van der Waals surface area contributed by atoms with Crippen LogP contribution in [0.5, 0.6) is 0 Å². The Hall–Kier alpha value is -1.57. The lowest BCUT2D eigenvalue weighted by atomic mass is 9.79. The second-order valence-corrected chi connectivity index (χ2v) is 5.50. The quantitative estimate of drug-likeness (QED) is 0.785. The Kier molecular flexibility index (Phi) is 7.05. The molecule has 2 rings (SSSR count). The van der Waals surface area contributed by atoms with E-state index in [4.69, 9.17) is 15.2 Å².